The van der Waals surface area contributed by atoms with Crippen LogP contribution in [-0.4, -0.2) is 27.7 Å². The molecule has 0 aromatic carbocycles. The smallest absolute Gasteiger partial charge is 0.338 e. The Morgan fingerprint density at radius 2 is 1.82 bits per heavy atom. The lowest BCUT2D eigenvalue weighted by atomic mass is 9.96. The molecule has 94 valence electrons. The molecule has 0 spiro atoms. The van der Waals surface area contributed by atoms with Crippen molar-refractivity contribution in [2.24, 2.45) is 0 Å². The molecular formula is C12H18N2O3. The number of carboxylic acids is 1. The lowest BCUT2D eigenvalue weighted by Gasteiger charge is -2.29. The van der Waals surface area contributed by atoms with Gasteiger partial charge in [0.25, 0.3) is 0 Å². The van der Waals surface area contributed by atoms with Gasteiger partial charge in [-0.15, -0.1) is 0 Å². The summed E-state index contributed by atoms with van der Waals surface area (Å²) >= 11 is 0. The Kier molecular flexibility index (Phi) is 4.57. The Balaban J connectivity index is 3.07. The van der Waals surface area contributed by atoms with E-state index in [1.54, 1.807) is 0 Å². The van der Waals surface area contributed by atoms with Crippen LogP contribution in [0, 0.1) is 0 Å². The molecule has 5 heteroatoms. The summed E-state index contributed by atoms with van der Waals surface area (Å²) in [5.41, 5.74) is -0.419. The molecule has 0 amide bonds. The topological polar surface area (TPSA) is 72.3 Å². The first-order valence-corrected chi connectivity index (χ1v) is 5.79. The van der Waals surface area contributed by atoms with E-state index in [2.05, 4.69) is 9.97 Å². The monoisotopic (exact) mass is 238 g/mol. The molecule has 0 aliphatic carbocycles. The molecule has 17 heavy (non-hydrogen) atoms. The van der Waals surface area contributed by atoms with Crippen molar-refractivity contribution in [2.45, 2.75) is 39.2 Å². The third-order valence-corrected chi connectivity index (χ3v) is 2.87. The van der Waals surface area contributed by atoms with E-state index in [4.69, 9.17) is 9.84 Å². The van der Waals surface area contributed by atoms with Gasteiger partial charge in [0.05, 0.1) is 5.56 Å². The summed E-state index contributed by atoms with van der Waals surface area (Å²) in [7, 11) is 0. The largest absolute Gasteiger partial charge is 0.478 e. The summed E-state index contributed by atoms with van der Waals surface area (Å²) in [5, 5.41) is 8.79. The van der Waals surface area contributed by atoms with Gasteiger partial charge in [0.1, 0.15) is 5.60 Å². The lowest BCUT2D eigenvalue weighted by Crippen LogP contribution is -2.31. The highest BCUT2D eigenvalue weighted by Gasteiger charge is 2.32. The average molecular weight is 238 g/mol. The molecule has 0 fully saturated rings. The summed E-state index contributed by atoms with van der Waals surface area (Å²) in [6.45, 7) is 6.51. The third-order valence-electron chi connectivity index (χ3n) is 2.87. The van der Waals surface area contributed by atoms with E-state index in [-0.39, 0.29) is 5.56 Å². The van der Waals surface area contributed by atoms with Gasteiger partial charge < -0.3 is 9.84 Å². The standard InChI is InChI=1S/C12H18N2O3/c1-4-12(5-2,17-6-3)11-13-7-9(8-14-11)10(15)16/h7-8H,4-6H2,1-3H3,(H,15,16). The first-order valence-electron chi connectivity index (χ1n) is 5.79. The highest BCUT2D eigenvalue weighted by atomic mass is 16.5. The van der Waals surface area contributed by atoms with Crippen molar-refractivity contribution in [2.75, 3.05) is 6.61 Å². The first-order chi connectivity index (χ1) is 8.09. The van der Waals surface area contributed by atoms with Crippen molar-refractivity contribution in [3.8, 4) is 0 Å². The highest BCUT2D eigenvalue weighted by Crippen LogP contribution is 2.30. The predicted octanol–water partition coefficient (Wildman–Crippen LogP) is 2.23. The van der Waals surface area contributed by atoms with Gasteiger partial charge in [-0.1, -0.05) is 13.8 Å². The molecule has 0 radical (unpaired) electrons. The van der Waals surface area contributed by atoms with Crippen LogP contribution in [0.2, 0.25) is 0 Å². The van der Waals surface area contributed by atoms with Gasteiger partial charge >= 0.3 is 5.97 Å². The van der Waals surface area contributed by atoms with Crippen LogP contribution < -0.4 is 0 Å². The fourth-order valence-corrected chi connectivity index (χ4v) is 1.78. The van der Waals surface area contributed by atoms with E-state index in [1.807, 2.05) is 20.8 Å². The molecule has 1 aromatic rings. The molecule has 1 N–H and O–H groups in total. The van der Waals surface area contributed by atoms with Crippen LogP contribution in [0.15, 0.2) is 12.4 Å². The third kappa shape index (κ3) is 2.79. The van der Waals surface area contributed by atoms with Gasteiger partial charge in [-0.2, -0.15) is 0 Å². The van der Waals surface area contributed by atoms with Crippen molar-refractivity contribution in [3.63, 3.8) is 0 Å². The van der Waals surface area contributed by atoms with Gasteiger partial charge in [0.15, 0.2) is 5.82 Å². The fraction of sp³-hybridized carbons (Fsp3) is 0.583. The minimum Gasteiger partial charge on any atom is -0.478 e. The fourth-order valence-electron chi connectivity index (χ4n) is 1.78. The Bertz CT molecular complexity index is 372. The van der Waals surface area contributed by atoms with Crippen LogP contribution in [0.4, 0.5) is 0 Å². The summed E-state index contributed by atoms with van der Waals surface area (Å²) in [6.07, 6.45) is 4.15. The maximum atomic E-state index is 10.7. The summed E-state index contributed by atoms with van der Waals surface area (Å²) in [5.74, 6) is -0.471. The summed E-state index contributed by atoms with van der Waals surface area (Å²) in [6, 6.07) is 0. The van der Waals surface area contributed by atoms with Crippen molar-refractivity contribution in [1.82, 2.24) is 9.97 Å². The van der Waals surface area contributed by atoms with Crippen molar-refractivity contribution in [3.05, 3.63) is 23.8 Å². The maximum Gasteiger partial charge on any atom is 0.338 e. The second-order valence-electron chi connectivity index (χ2n) is 3.73. The molecule has 0 aliphatic rings. The van der Waals surface area contributed by atoms with E-state index < -0.39 is 11.6 Å². The van der Waals surface area contributed by atoms with Crippen LogP contribution >= 0.6 is 0 Å². The minimum absolute atomic E-state index is 0.0892. The van der Waals surface area contributed by atoms with Gasteiger partial charge in [0.2, 0.25) is 0 Å². The second-order valence-corrected chi connectivity index (χ2v) is 3.73. The highest BCUT2D eigenvalue weighted by molar-refractivity contribution is 5.86. The molecule has 5 nitrogen and oxygen atoms in total. The molecule has 0 saturated carbocycles. The zero-order valence-electron chi connectivity index (χ0n) is 10.4. The number of carbonyl (C=O) groups is 1. The lowest BCUT2D eigenvalue weighted by molar-refractivity contribution is -0.0572. The number of carboxylic acid groups (broad SMARTS) is 1. The average Bonchev–Trinajstić information content (AvgIpc) is 2.36. The van der Waals surface area contributed by atoms with E-state index in [0.717, 1.165) is 12.8 Å². The van der Waals surface area contributed by atoms with Gasteiger partial charge in [-0.25, -0.2) is 14.8 Å². The Hall–Kier alpha value is -1.49. The molecule has 1 aromatic heterocycles. The zero-order valence-corrected chi connectivity index (χ0v) is 10.4. The van der Waals surface area contributed by atoms with Crippen LogP contribution in [0.1, 0.15) is 49.8 Å². The molecule has 0 aliphatic heterocycles. The Labute approximate surface area is 101 Å². The zero-order chi connectivity index (χ0) is 12.9. The van der Waals surface area contributed by atoms with Crippen molar-refractivity contribution < 1.29 is 14.6 Å². The van der Waals surface area contributed by atoms with E-state index in [9.17, 15) is 4.79 Å². The van der Waals surface area contributed by atoms with Crippen LogP contribution in [0.25, 0.3) is 0 Å². The molecule has 0 unspecified atom stereocenters. The molecule has 1 heterocycles. The Morgan fingerprint density at radius 1 is 1.29 bits per heavy atom. The van der Waals surface area contributed by atoms with Crippen molar-refractivity contribution in [1.29, 1.82) is 0 Å². The number of aromatic nitrogens is 2. The van der Waals surface area contributed by atoms with Gasteiger partial charge in [-0.3, -0.25) is 0 Å². The number of hydrogen-bond donors (Lipinski definition) is 1. The number of ether oxygens (including phenoxy) is 1. The number of hydrogen-bond acceptors (Lipinski definition) is 4. The van der Waals surface area contributed by atoms with E-state index in [1.165, 1.54) is 12.4 Å². The molecule has 1 rings (SSSR count). The van der Waals surface area contributed by atoms with Gasteiger partial charge in [0, 0.05) is 19.0 Å². The quantitative estimate of drug-likeness (QED) is 0.822. The van der Waals surface area contributed by atoms with Gasteiger partial charge in [-0.05, 0) is 19.8 Å². The molecule has 0 saturated heterocycles. The van der Waals surface area contributed by atoms with Crippen LogP contribution in [0.5, 0.6) is 0 Å². The molecule has 0 atom stereocenters. The van der Waals surface area contributed by atoms with Crippen LogP contribution in [0.3, 0.4) is 0 Å². The Morgan fingerprint density at radius 3 is 2.18 bits per heavy atom. The first kappa shape index (κ1) is 13.6. The number of rotatable bonds is 6. The van der Waals surface area contributed by atoms with Crippen LogP contribution in [-0.2, 0) is 10.3 Å². The summed E-state index contributed by atoms with van der Waals surface area (Å²) in [4.78, 5) is 18.9. The maximum absolute atomic E-state index is 10.7. The number of nitrogens with zero attached hydrogens (tertiary/aromatic N) is 2. The normalized spacial score (nSPS) is 11.5. The molecule has 0 bridgehead atoms. The predicted molar refractivity (Wildman–Crippen MR) is 62.9 cm³/mol. The SMILES string of the molecule is CCOC(CC)(CC)c1ncc(C(=O)O)cn1. The second kappa shape index (κ2) is 5.72. The van der Waals surface area contributed by atoms with E-state index >= 15 is 0 Å². The number of aromatic carboxylic acids is 1. The van der Waals surface area contributed by atoms with Crippen molar-refractivity contribution >= 4 is 5.97 Å². The van der Waals surface area contributed by atoms with E-state index in [0.29, 0.717) is 12.4 Å². The molecular weight excluding hydrogens is 220 g/mol. The minimum atomic E-state index is -1.02. The summed E-state index contributed by atoms with van der Waals surface area (Å²) < 4.78 is 5.74.